The summed E-state index contributed by atoms with van der Waals surface area (Å²) in [5.74, 6) is -0.128. The largest absolute Gasteiger partial charge is 0.444 e. The number of rotatable bonds is 5. The molecule has 0 radical (unpaired) electrons. The lowest BCUT2D eigenvalue weighted by molar-refractivity contribution is 0.0115. The number of hydrogen-bond donors (Lipinski definition) is 0. The molecule has 7 heteroatoms. The van der Waals surface area contributed by atoms with Crippen LogP contribution >= 0.6 is 11.3 Å². The number of thiazole rings is 1. The van der Waals surface area contributed by atoms with E-state index in [1.165, 1.54) is 11.3 Å². The highest BCUT2D eigenvalue weighted by Crippen LogP contribution is 2.21. The second kappa shape index (κ2) is 7.19. The molecule has 0 saturated carbocycles. The van der Waals surface area contributed by atoms with E-state index in [1.807, 2.05) is 20.8 Å². The minimum absolute atomic E-state index is 0.00777. The van der Waals surface area contributed by atoms with E-state index < -0.39 is 5.60 Å². The third kappa shape index (κ3) is 4.78. The fraction of sp³-hybridized carbons (Fsp3) is 0.667. The van der Waals surface area contributed by atoms with Crippen LogP contribution < -0.4 is 0 Å². The SMILES string of the molecule is CC(C)(C)OC(=O)N1CCC[C@@H]1COCC(=O)c1nccs1. The van der Waals surface area contributed by atoms with Crippen molar-refractivity contribution >= 4 is 23.2 Å². The fourth-order valence-electron chi connectivity index (χ4n) is 2.28. The normalized spacial score (nSPS) is 18.5. The van der Waals surface area contributed by atoms with Crippen LogP contribution in [0.5, 0.6) is 0 Å². The smallest absolute Gasteiger partial charge is 0.410 e. The third-order valence-corrected chi connectivity index (χ3v) is 4.03. The molecule has 1 aliphatic rings. The summed E-state index contributed by atoms with van der Waals surface area (Å²) in [6, 6.07) is -0.0288. The van der Waals surface area contributed by atoms with Gasteiger partial charge in [-0.2, -0.15) is 0 Å². The Kier molecular flexibility index (Phi) is 5.52. The number of hydrogen-bond acceptors (Lipinski definition) is 6. The average molecular weight is 326 g/mol. The molecule has 0 aliphatic carbocycles. The number of ketones is 1. The van der Waals surface area contributed by atoms with Crippen molar-refractivity contribution in [1.29, 1.82) is 0 Å². The fourth-order valence-corrected chi connectivity index (χ4v) is 2.84. The van der Waals surface area contributed by atoms with Gasteiger partial charge in [0.05, 0.1) is 12.6 Å². The molecule has 0 aromatic carbocycles. The van der Waals surface area contributed by atoms with Gasteiger partial charge in [0.1, 0.15) is 12.2 Å². The van der Waals surface area contributed by atoms with Gasteiger partial charge in [0.15, 0.2) is 5.01 Å². The van der Waals surface area contributed by atoms with Gasteiger partial charge in [-0.25, -0.2) is 9.78 Å². The molecule has 22 heavy (non-hydrogen) atoms. The first-order chi connectivity index (χ1) is 10.4. The first kappa shape index (κ1) is 16.9. The van der Waals surface area contributed by atoms with Gasteiger partial charge in [0.25, 0.3) is 0 Å². The van der Waals surface area contributed by atoms with Gasteiger partial charge in [-0.15, -0.1) is 11.3 Å². The van der Waals surface area contributed by atoms with Crippen molar-refractivity contribution in [3.63, 3.8) is 0 Å². The molecule has 1 atom stereocenters. The summed E-state index contributed by atoms with van der Waals surface area (Å²) in [6.07, 6.45) is 3.07. The monoisotopic (exact) mass is 326 g/mol. The Morgan fingerprint density at radius 2 is 2.23 bits per heavy atom. The summed E-state index contributed by atoms with van der Waals surface area (Å²) < 4.78 is 10.9. The third-order valence-electron chi connectivity index (χ3n) is 3.22. The molecule has 2 rings (SSSR count). The number of likely N-dealkylation sites (tertiary alicyclic amines) is 1. The Bertz CT molecular complexity index is 510. The van der Waals surface area contributed by atoms with Crippen LogP contribution in [0.3, 0.4) is 0 Å². The first-order valence-electron chi connectivity index (χ1n) is 7.37. The van der Waals surface area contributed by atoms with Gasteiger partial charge in [-0.1, -0.05) is 0 Å². The molecule has 1 fully saturated rings. The van der Waals surface area contributed by atoms with Gasteiger partial charge in [-0.3, -0.25) is 4.79 Å². The minimum atomic E-state index is -0.508. The maximum absolute atomic E-state index is 12.1. The maximum Gasteiger partial charge on any atom is 0.410 e. The number of Topliss-reactive ketones (excluding diaryl/α,β-unsaturated/α-hetero) is 1. The molecule has 2 heterocycles. The predicted molar refractivity (Wildman–Crippen MR) is 83.2 cm³/mol. The number of aromatic nitrogens is 1. The molecule has 0 spiro atoms. The van der Waals surface area contributed by atoms with E-state index in [4.69, 9.17) is 9.47 Å². The number of amides is 1. The van der Waals surface area contributed by atoms with Gasteiger partial charge in [0, 0.05) is 18.1 Å². The van der Waals surface area contributed by atoms with E-state index in [1.54, 1.807) is 16.5 Å². The lowest BCUT2D eigenvalue weighted by Crippen LogP contribution is -2.41. The molecule has 1 aliphatic heterocycles. The van der Waals surface area contributed by atoms with E-state index in [0.717, 1.165) is 12.8 Å². The van der Waals surface area contributed by atoms with E-state index in [0.29, 0.717) is 18.2 Å². The van der Waals surface area contributed by atoms with Crippen molar-refractivity contribution in [2.24, 2.45) is 0 Å². The van der Waals surface area contributed by atoms with Crippen LogP contribution in [-0.2, 0) is 9.47 Å². The van der Waals surface area contributed by atoms with Crippen LogP contribution in [0.1, 0.15) is 43.4 Å². The number of ether oxygens (including phenoxy) is 2. The van der Waals surface area contributed by atoms with E-state index in [-0.39, 0.29) is 24.5 Å². The van der Waals surface area contributed by atoms with Crippen LogP contribution in [0, 0.1) is 0 Å². The molecular formula is C15H22N2O4S. The predicted octanol–water partition coefficient (Wildman–Crippen LogP) is 2.74. The highest BCUT2D eigenvalue weighted by atomic mass is 32.1. The van der Waals surface area contributed by atoms with E-state index in [9.17, 15) is 9.59 Å². The molecule has 1 amide bonds. The molecule has 0 unspecified atom stereocenters. The summed E-state index contributed by atoms with van der Waals surface area (Å²) in [6.45, 7) is 6.55. The van der Waals surface area contributed by atoms with Gasteiger partial charge in [0.2, 0.25) is 5.78 Å². The lowest BCUT2D eigenvalue weighted by Gasteiger charge is -2.28. The quantitative estimate of drug-likeness (QED) is 0.778. The van der Waals surface area contributed by atoms with E-state index in [2.05, 4.69) is 4.98 Å². The maximum atomic E-state index is 12.1. The van der Waals surface area contributed by atoms with Crippen LogP contribution in [0.25, 0.3) is 0 Å². The standard InChI is InChI=1S/C15H22N2O4S/c1-15(2,3)21-14(19)17-7-4-5-11(17)9-20-10-12(18)13-16-6-8-22-13/h6,8,11H,4-5,7,9-10H2,1-3H3/t11-/m1/s1. The first-order valence-corrected chi connectivity index (χ1v) is 8.25. The number of carbonyl (C=O) groups excluding carboxylic acids is 2. The molecule has 122 valence electrons. The summed E-state index contributed by atoms with van der Waals surface area (Å²) >= 11 is 1.30. The Labute approximate surface area is 134 Å². The topological polar surface area (TPSA) is 68.7 Å². The zero-order valence-electron chi connectivity index (χ0n) is 13.2. The molecule has 1 saturated heterocycles. The summed E-state index contributed by atoms with van der Waals surface area (Å²) in [7, 11) is 0. The van der Waals surface area contributed by atoms with Crippen LogP contribution in [-0.4, -0.2) is 53.2 Å². The molecule has 0 bridgehead atoms. The Morgan fingerprint density at radius 3 is 2.86 bits per heavy atom. The Hall–Kier alpha value is -1.47. The number of nitrogens with zero attached hydrogens (tertiary/aromatic N) is 2. The minimum Gasteiger partial charge on any atom is -0.444 e. The highest BCUT2D eigenvalue weighted by molar-refractivity contribution is 7.11. The van der Waals surface area contributed by atoms with Crippen molar-refractivity contribution in [3.8, 4) is 0 Å². The van der Waals surface area contributed by atoms with Crippen LogP contribution in [0.2, 0.25) is 0 Å². The van der Waals surface area contributed by atoms with E-state index >= 15 is 0 Å². The van der Waals surface area contributed by atoms with Crippen molar-refractivity contribution in [3.05, 3.63) is 16.6 Å². The summed E-state index contributed by atoms with van der Waals surface area (Å²) in [5, 5.41) is 2.21. The summed E-state index contributed by atoms with van der Waals surface area (Å²) in [4.78, 5) is 29.6. The Morgan fingerprint density at radius 1 is 1.45 bits per heavy atom. The second-order valence-electron chi connectivity index (χ2n) is 6.25. The molecule has 0 N–H and O–H groups in total. The van der Waals surface area contributed by atoms with Crippen molar-refractivity contribution in [2.75, 3.05) is 19.8 Å². The number of carbonyl (C=O) groups is 2. The lowest BCUT2D eigenvalue weighted by atomic mass is 10.2. The summed E-state index contributed by atoms with van der Waals surface area (Å²) in [5.41, 5.74) is -0.508. The van der Waals surface area contributed by atoms with Gasteiger partial charge >= 0.3 is 6.09 Å². The van der Waals surface area contributed by atoms with Crippen molar-refractivity contribution in [1.82, 2.24) is 9.88 Å². The molecule has 1 aromatic rings. The second-order valence-corrected chi connectivity index (χ2v) is 7.14. The van der Waals surface area contributed by atoms with Gasteiger partial charge < -0.3 is 14.4 Å². The van der Waals surface area contributed by atoms with Crippen molar-refractivity contribution < 1.29 is 19.1 Å². The molecular weight excluding hydrogens is 304 g/mol. The molecule has 1 aromatic heterocycles. The van der Waals surface area contributed by atoms with Gasteiger partial charge in [-0.05, 0) is 33.6 Å². The van der Waals surface area contributed by atoms with Crippen LogP contribution in [0.4, 0.5) is 4.79 Å². The van der Waals surface area contributed by atoms with Crippen LogP contribution in [0.15, 0.2) is 11.6 Å². The Balaban J connectivity index is 1.79. The van der Waals surface area contributed by atoms with Crippen molar-refractivity contribution in [2.45, 2.75) is 45.3 Å². The molecule has 6 nitrogen and oxygen atoms in total. The average Bonchev–Trinajstić information content (AvgIpc) is 3.08. The zero-order chi connectivity index (χ0) is 16.2. The highest BCUT2D eigenvalue weighted by Gasteiger charge is 2.32. The zero-order valence-corrected chi connectivity index (χ0v) is 14.0.